The van der Waals surface area contributed by atoms with Gasteiger partial charge in [0, 0.05) is 18.3 Å². The first-order valence-corrected chi connectivity index (χ1v) is 7.18. The molecule has 0 unspecified atom stereocenters. The van der Waals surface area contributed by atoms with Crippen LogP contribution in [0, 0.1) is 0 Å². The van der Waals surface area contributed by atoms with Gasteiger partial charge < -0.3 is 15.8 Å². The van der Waals surface area contributed by atoms with Gasteiger partial charge in [0.25, 0.3) is 0 Å². The highest BCUT2D eigenvalue weighted by Crippen LogP contribution is 2.15. The van der Waals surface area contributed by atoms with Gasteiger partial charge in [0.1, 0.15) is 0 Å². The number of hydrogen-bond donors (Lipinski definition) is 2. The predicted molar refractivity (Wildman–Crippen MR) is 79.3 cm³/mol. The molecule has 0 aromatic carbocycles. The highest BCUT2D eigenvalue weighted by atomic mass is 16.5. The maximum atomic E-state index is 11.9. The van der Waals surface area contributed by atoms with Crippen molar-refractivity contribution >= 4 is 5.91 Å². The van der Waals surface area contributed by atoms with E-state index >= 15 is 0 Å². The van der Waals surface area contributed by atoms with Crippen LogP contribution in [0.15, 0.2) is 18.3 Å². The van der Waals surface area contributed by atoms with Crippen molar-refractivity contribution in [3.8, 4) is 5.88 Å². The fraction of sp³-hybridized carbons (Fsp3) is 0.600. The summed E-state index contributed by atoms with van der Waals surface area (Å²) >= 11 is 0. The molecule has 0 aliphatic heterocycles. The summed E-state index contributed by atoms with van der Waals surface area (Å²) in [5.74, 6) is 0.433. The number of carbonyl (C=O) groups is 1. The lowest BCUT2D eigenvalue weighted by Gasteiger charge is -2.15. The van der Waals surface area contributed by atoms with E-state index in [0.717, 1.165) is 18.4 Å². The Kier molecular flexibility index (Phi) is 7.01. The molecule has 1 heterocycles. The zero-order valence-corrected chi connectivity index (χ0v) is 12.6. The van der Waals surface area contributed by atoms with E-state index in [2.05, 4.69) is 17.2 Å². The molecule has 0 saturated heterocycles. The molecule has 0 bridgehead atoms. The second-order valence-corrected chi connectivity index (χ2v) is 5.10. The number of rotatable bonds is 8. The van der Waals surface area contributed by atoms with Crippen LogP contribution < -0.4 is 15.8 Å². The summed E-state index contributed by atoms with van der Waals surface area (Å²) in [6, 6.07) is 3.27. The van der Waals surface area contributed by atoms with Gasteiger partial charge in [-0.3, -0.25) is 4.79 Å². The van der Waals surface area contributed by atoms with Crippen LogP contribution in [0.3, 0.4) is 0 Å². The van der Waals surface area contributed by atoms with Crippen molar-refractivity contribution in [2.45, 2.75) is 58.7 Å². The number of ether oxygens (including phenoxy) is 1. The summed E-state index contributed by atoms with van der Waals surface area (Å²) in [5.41, 5.74) is 6.69. The first-order valence-electron chi connectivity index (χ1n) is 7.18. The number of amides is 1. The first-order chi connectivity index (χ1) is 9.54. The van der Waals surface area contributed by atoms with Crippen LogP contribution >= 0.6 is 0 Å². The standard InChI is InChI=1S/C15H25N3O2/c1-4-5-8-13(16)14(19)18-10-12-7-6-9-17-15(12)20-11(2)3/h6-7,9,11,13H,4-5,8,10,16H2,1-3H3,(H,18,19)/t13-/m0/s1. The number of aromatic nitrogens is 1. The van der Waals surface area contributed by atoms with E-state index in [0.29, 0.717) is 18.8 Å². The summed E-state index contributed by atoms with van der Waals surface area (Å²) in [4.78, 5) is 16.0. The number of carbonyl (C=O) groups excluding carboxylic acids is 1. The second kappa shape index (κ2) is 8.53. The lowest BCUT2D eigenvalue weighted by atomic mass is 10.1. The van der Waals surface area contributed by atoms with E-state index < -0.39 is 6.04 Å². The summed E-state index contributed by atoms with van der Waals surface area (Å²) in [5, 5.41) is 2.84. The quantitative estimate of drug-likeness (QED) is 0.763. The van der Waals surface area contributed by atoms with Gasteiger partial charge in [-0.2, -0.15) is 0 Å². The van der Waals surface area contributed by atoms with Crippen molar-refractivity contribution < 1.29 is 9.53 Å². The molecule has 1 aromatic heterocycles. The van der Waals surface area contributed by atoms with Crippen LogP contribution in [0.4, 0.5) is 0 Å². The van der Waals surface area contributed by atoms with Crippen LogP contribution in [0.5, 0.6) is 5.88 Å². The number of nitrogens with zero attached hydrogens (tertiary/aromatic N) is 1. The molecule has 0 fully saturated rings. The molecule has 0 radical (unpaired) electrons. The Balaban J connectivity index is 2.54. The molecule has 5 heteroatoms. The number of nitrogens with two attached hydrogens (primary N) is 1. The van der Waals surface area contributed by atoms with E-state index in [1.807, 2.05) is 26.0 Å². The molecule has 1 atom stereocenters. The predicted octanol–water partition coefficient (Wildman–Crippen LogP) is 2.00. The summed E-state index contributed by atoms with van der Waals surface area (Å²) in [6.07, 6.45) is 4.44. The van der Waals surface area contributed by atoms with Gasteiger partial charge in [-0.15, -0.1) is 0 Å². The first kappa shape index (κ1) is 16.4. The van der Waals surface area contributed by atoms with Gasteiger partial charge in [-0.05, 0) is 26.3 Å². The third-order valence-electron chi connectivity index (χ3n) is 2.86. The van der Waals surface area contributed by atoms with E-state index in [-0.39, 0.29) is 12.0 Å². The number of nitrogens with one attached hydrogen (secondary N) is 1. The summed E-state index contributed by atoms with van der Waals surface area (Å²) < 4.78 is 5.61. The van der Waals surface area contributed by atoms with Crippen LogP contribution in [0.25, 0.3) is 0 Å². The Morgan fingerprint density at radius 1 is 1.50 bits per heavy atom. The maximum absolute atomic E-state index is 11.9. The van der Waals surface area contributed by atoms with E-state index in [9.17, 15) is 4.79 Å². The molecule has 3 N–H and O–H groups in total. The Bertz CT molecular complexity index is 421. The Labute approximate surface area is 120 Å². The van der Waals surface area contributed by atoms with Crippen molar-refractivity contribution in [1.29, 1.82) is 0 Å². The van der Waals surface area contributed by atoms with Gasteiger partial charge in [0.2, 0.25) is 11.8 Å². The average Bonchev–Trinajstić information content (AvgIpc) is 2.42. The highest BCUT2D eigenvalue weighted by molar-refractivity contribution is 5.81. The monoisotopic (exact) mass is 279 g/mol. The van der Waals surface area contributed by atoms with Gasteiger partial charge in [-0.1, -0.05) is 25.8 Å². The zero-order chi connectivity index (χ0) is 15.0. The molecule has 5 nitrogen and oxygen atoms in total. The SMILES string of the molecule is CCCC[C@H](N)C(=O)NCc1cccnc1OC(C)C. The minimum absolute atomic E-state index is 0.0474. The number of hydrogen-bond acceptors (Lipinski definition) is 4. The summed E-state index contributed by atoms with van der Waals surface area (Å²) in [6.45, 7) is 6.35. The lowest BCUT2D eigenvalue weighted by molar-refractivity contribution is -0.122. The van der Waals surface area contributed by atoms with E-state index in [1.54, 1.807) is 6.20 Å². The Morgan fingerprint density at radius 3 is 2.90 bits per heavy atom. The van der Waals surface area contributed by atoms with Crippen LogP contribution in [-0.4, -0.2) is 23.0 Å². The molecule has 0 aliphatic rings. The highest BCUT2D eigenvalue weighted by Gasteiger charge is 2.13. The fourth-order valence-electron chi connectivity index (χ4n) is 1.76. The van der Waals surface area contributed by atoms with Gasteiger partial charge in [0.15, 0.2) is 0 Å². The topological polar surface area (TPSA) is 77.2 Å². The molecule has 1 amide bonds. The second-order valence-electron chi connectivity index (χ2n) is 5.10. The fourth-order valence-corrected chi connectivity index (χ4v) is 1.76. The molecule has 0 aliphatic carbocycles. The average molecular weight is 279 g/mol. The molecular weight excluding hydrogens is 254 g/mol. The summed E-state index contributed by atoms with van der Waals surface area (Å²) in [7, 11) is 0. The number of pyridine rings is 1. The Hall–Kier alpha value is -1.62. The smallest absolute Gasteiger partial charge is 0.237 e. The van der Waals surface area contributed by atoms with Crippen LogP contribution in [0.1, 0.15) is 45.6 Å². The molecule has 1 aromatic rings. The molecule has 112 valence electrons. The molecular formula is C15H25N3O2. The van der Waals surface area contributed by atoms with Crippen molar-refractivity contribution in [2.75, 3.05) is 0 Å². The molecule has 1 rings (SSSR count). The van der Waals surface area contributed by atoms with Crippen molar-refractivity contribution in [3.05, 3.63) is 23.9 Å². The zero-order valence-electron chi connectivity index (χ0n) is 12.6. The molecule has 20 heavy (non-hydrogen) atoms. The number of unbranched alkanes of at least 4 members (excludes halogenated alkanes) is 1. The largest absolute Gasteiger partial charge is 0.475 e. The lowest BCUT2D eigenvalue weighted by Crippen LogP contribution is -2.40. The van der Waals surface area contributed by atoms with Gasteiger partial charge in [0.05, 0.1) is 12.1 Å². The van der Waals surface area contributed by atoms with Gasteiger partial charge in [-0.25, -0.2) is 4.98 Å². The third-order valence-corrected chi connectivity index (χ3v) is 2.86. The van der Waals surface area contributed by atoms with Crippen molar-refractivity contribution in [1.82, 2.24) is 10.3 Å². The minimum Gasteiger partial charge on any atom is -0.475 e. The van der Waals surface area contributed by atoms with E-state index in [1.165, 1.54) is 0 Å². The Morgan fingerprint density at radius 2 is 2.25 bits per heavy atom. The van der Waals surface area contributed by atoms with Crippen LogP contribution in [0.2, 0.25) is 0 Å². The van der Waals surface area contributed by atoms with Crippen molar-refractivity contribution in [3.63, 3.8) is 0 Å². The maximum Gasteiger partial charge on any atom is 0.237 e. The van der Waals surface area contributed by atoms with Crippen LogP contribution in [-0.2, 0) is 11.3 Å². The minimum atomic E-state index is -0.443. The third kappa shape index (κ3) is 5.57. The van der Waals surface area contributed by atoms with Crippen molar-refractivity contribution in [2.24, 2.45) is 5.73 Å². The normalized spacial score (nSPS) is 12.2. The van der Waals surface area contributed by atoms with E-state index in [4.69, 9.17) is 10.5 Å². The molecule has 0 saturated carbocycles. The van der Waals surface area contributed by atoms with Gasteiger partial charge >= 0.3 is 0 Å². The molecule has 0 spiro atoms.